The van der Waals surface area contributed by atoms with Gasteiger partial charge in [-0.2, -0.15) is 0 Å². The van der Waals surface area contributed by atoms with Crippen LogP contribution < -0.4 is 5.32 Å². The molecule has 3 aromatic rings. The van der Waals surface area contributed by atoms with Gasteiger partial charge in [-0.15, -0.1) is 22.0 Å². The highest BCUT2D eigenvalue weighted by Gasteiger charge is 2.14. The highest BCUT2D eigenvalue weighted by molar-refractivity contribution is 9.10. The molecular formula is C20H18BrCl2FN4OS2. The number of nitrogens with one attached hydrogen (secondary N) is 1. The van der Waals surface area contributed by atoms with Gasteiger partial charge in [-0.25, -0.2) is 4.39 Å². The number of nitrogens with zero attached hydrogens (tertiary/aromatic N) is 3. The molecule has 1 heterocycles. The monoisotopic (exact) mass is 562 g/mol. The molecule has 0 aliphatic carbocycles. The number of halogens is 4. The van der Waals surface area contributed by atoms with Crippen molar-refractivity contribution in [1.29, 1.82) is 0 Å². The van der Waals surface area contributed by atoms with Crippen molar-refractivity contribution in [3.05, 3.63) is 68.1 Å². The molecule has 0 spiro atoms. The van der Waals surface area contributed by atoms with Gasteiger partial charge in [0.25, 0.3) is 0 Å². The second-order valence-electron chi connectivity index (χ2n) is 6.33. The highest BCUT2D eigenvalue weighted by Crippen LogP contribution is 2.27. The SMILES string of the molecule is CCn1c(CSCc2ccc(Cl)cc2Cl)nnc1SCC(=O)Nc1ccc(Br)cc1F. The van der Waals surface area contributed by atoms with Crippen LogP contribution in [-0.4, -0.2) is 26.4 Å². The molecule has 1 amide bonds. The van der Waals surface area contributed by atoms with Gasteiger partial charge in [-0.05, 0) is 42.8 Å². The molecule has 1 N–H and O–H groups in total. The topological polar surface area (TPSA) is 59.8 Å². The average molecular weight is 564 g/mol. The van der Waals surface area contributed by atoms with Crippen molar-refractivity contribution in [3.63, 3.8) is 0 Å². The summed E-state index contributed by atoms with van der Waals surface area (Å²) in [5.74, 6) is 1.47. The molecule has 3 rings (SSSR count). The molecule has 5 nitrogen and oxygen atoms in total. The minimum absolute atomic E-state index is 0.0984. The molecule has 0 atom stereocenters. The molecule has 0 unspecified atom stereocenters. The van der Waals surface area contributed by atoms with Crippen molar-refractivity contribution in [2.24, 2.45) is 0 Å². The summed E-state index contributed by atoms with van der Waals surface area (Å²) < 4.78 is 16.5. The first-order valence-corrected chi connectivity index (χ1v) is 12.9. The third-order valence-corrected chi connectivity index (χ3v) is 7.18. The van der Waals surface area contributed by atoms with Crippen molar-refractivity contribution in [2.45, 2.75) is 30.1 Å². The number of amides is 1. The van der Waals surface area contributed by atoms with Gasteiger partial charge in [0, 0.05) is 26.8 Å². The minimum atomic E-state index is -0.496. The molecule has 11 heteroatoms. The Morgan fingerprint density at radius 2 is 2.00 bits per heavy atom. The van der Waals surface area contributed by atoms with Gasteiger partial charge < -0.3 is 9.88 Å². The third kappa shape index (κ3) is 6.86. The van der Waals surface area contributed by atoms with Crippen LogP contribution in [0, 0.1) is 5.82 Å². The van der Waals surface area contributed by atoms with Gasteiger partial charge in [0.2, 0.25) is 5.91 Å². The molecule has 0 aliphatic rings. The molecular weight excluding hydrogens is 546 g/mol. The first-order chi connectivity index (χ1) is 14.9. The van der Waals surface area contributed by atoms with Gasteiger partial charge in [0.05, 0.1) is 17.2 Å². The van der Waals surface area contributed by atoms with Crippen molar-refractivity contribution < 1.29 is 9.18 Å². The normalized spacial score (nSPS) is 11.0. The zero-order valence-corrected chi connectivity index (χ0v) is 21.1. The fraction of sp³-hybridized carbons (Fsp3) is 0.250. The third-order valence-electron chi connectivity index (χ3n) is 4.15. The standard InChI is InChI=1S/C20H18BrCl2FN4OS2/c1-2-28-18(10-30-9-12-3-5-14(22)8-15(12)23)26-27-20(28)31-11-19(29)25-17-6-4-13(21)7-16(17)24/h3-8H,2,9-11H2,1H3,(H,25,29). The van der Waals surface area contributed by atoms with Gasteiger partial charge in [0.1, 0.15) is 11.6 Å². The van der Waals surface area contributed by atoms with Gasteiger partial charge >= 0.3 is 0 Å². The van der Waals surface area contributed by atoms with Crippen LogP contribution in [-0.2, 0) is 22.8 Å². The van der Waals surface area contributed by atoms with Crippen LogP contribution in [0.2, 0.25) is 10.0 Å². The van der Waals surface area contributed by atoms with Gasteiger partial charge in [-0.3, -0.25) is 4.79 Å². The predicted octanol–water partition coefficient (Wildman–Crippen LogP) is 6.67. The van der Waals surface area contributed by atoms with E-state index in [-0.39, 0.29) is 17.3 Å². The zero-order chi connectivity index (χ0) is 22.4. The Kier molecular flexibility index (Phi) is 9.09. The molecule has 0 bridgehead atoms. The fourth-order valence-electron chi connectivity index (χ4n) is 2.65. The second kappa shape index (κ2) is 11.6. The lowest BCUT2D eigenvalue weighted by Crippen LogP contribution is -2.15. The first-order valence-electron chi connectivity index (χ1n) is 9.18. The van der Waals surface area contributed by atoms with Crippen LogP contribution in [0.3, 0.4) is 0 Å². The average Bonchev–Trinajstić information content (AvgIpc) is 3.12. The number of thioether (sulfide) groups is 2. The number of carbonyl (C=O) groups excluding carboxylic acids is 1. The number of aromatic nitrogens is 3. The van der Waals surface area contributed by atoms with E-state index in [1.54, 1.807) is 23.9 Å². The molecule has 0 fully saturated rings. The van der Waals surface area contributed by atoms with E-state index in [1.807, 2.05) is 23.6 Å². The summed E-state index contributed by atoms with van der Waals surface area (Å²) >= 11 is 18.3. The largest absolute Gasteiger partial charge is 0.323 e. The molecule has 1 aromatic heterocycles. The minimum Gasteiger partial charge on any atom is -0.323 e. The van der Waals surface area contributed by atoms with Crippen molar-refractivity contribution in [3.8, 4) is 0 Å². The summed E-state index contributed by atoms with van der Waals surface area (Å²) in [5.41, 5.74) is 1.15. The predicted molar refractivity (Wildman–Crippen MR) is 131 cm³/mol. The summed E-state index contributed by atoms with van der Waals surface area (Å²) in [6.45, 7) is 2.67. The fourth-order valence-corrected chi connectivity index (χ4v) is 5.33. The lowest BCUT2D eigenvalue weighted by molar-refractivity contribution is -0.113. The van der Waals surface area contributed by atoms with E-state index in [4.69, 9.17) is 23.2 Å². The van der Waals surface area contributed by atoms with Crippen molar-refractivity contribution in [2.75, 3.05) is 11.1 Å². The van der Waals surface area contributed by atoms with E-state index in [1.165, 1.54) is 23.9 Å². The van der Waals surface area contributed by atoms with Gasteiger partial charge in [-0.1, -0.05) is 57.0 Å². The van der Waals surface area contributed by atoms with Crippen LogP contribution in [0.25, 0.3) is 0 Å². The number of anilines is 1. The number of hydrogen-bond donors (Lipinski definition) is 1. The Morgan fingerprint density at radius 3 is 2.71 bits per heavy atom. The molecule has 31 heavy (non-hydrogen) atoms. The lowest BCUT2D eigenvalue weighted by atomic mass is 10.2. The smallest absolute Gasteiger partial charge is 0.234 e. The summed E-state index contributed by atoms with van der Waals surface area (Å²) in [4.78, 5) is 12.2. The number of hydrogen-bond acceptors (Lipinski definition) is 5. The maximum absolute atomic E-state index is 13.9. The van der Waals surface area contributed by atoms with Crippen LogP contribution in [0.1, 0.15) is 18.3 Å². The van der Waals surface area contributed by atoms with E-state index in [0.717, 1.165) is 17.1 Å². The summed E-state index contributed by atoms with van der Waals surface area (Å²) in [6.07, 6.45) is 0. The van der Waals surface area contributed by atoms with E-state index in [9.17, 15) is 9.18 Å². The second-order valence-corrected chi connectivity index (χ2v) is 10.0. The molecule has 0 radical (unpaired) electrons. The quantitative estimate of drug-likeness (QED) is 0.295. The summed E-state index contributed by atoms with van der Waals surface area (Å²) in [6, 6.07) is 9.94. The zero-order valence-electron chi connectivity index (χ0n) is 16.4. The number of carbonyl (C=O) groups is 1. The highest BCUT2D eigenvalue weighted by atomic mass is 79.9. The maximum atomic E-state index is 13.9. The Morgan fingerprint density at radius 1 is 1.19 bits per heavy atom. The molecule has 164 valence electrons. The van der Waals surface area contributed by atoms with E-state index < -0.39 is 5.82 Å². The summed E-state index contributed by atoms with van der Waals surface area (Å²) in [5, 5.41) is 12.9. The number of benzene rings is 2. The summed E-state index contributed by atoms with van der Waals surface area (Å²) in [7, 11) is 0. The van der Waals surface area contributed by atoms with E-state index in [0.29, 0.717) is 32.0 Å². The van der Waals surface area contributed by atoms with Crippen molar-refractivity contribution >= 4 is 74.3 Å². The Labute approximate surface area is 206 Å². The van der Waals surface area contributed by atoms with Gasteiger partial charge in [0.15, 0.2) is 5.16 Å². The molecule has 0 saturated carbocycles. The first kappa shape index (κ1) is 24.4. The molecule has 0 aliphatic heterocycles. The number of rotatable bonds is 9. The van der Waals surface area contributed by atoms with Crippen LogP contribution >= 0.6 is 62.7 Å². The van der Waals surface area contributed by atoms with Crippen LogP contribution in [0.15, 0.2) is 46.0 Å². The maximum Gasteiger partial charge on any atom is 0.234 e. The van der Waals surface area contributed by atoms with Crippen LogP contribution in [0.4, 0.5) is 10.1 Å². The Balaban J connectivity index is 1.54. The van der Waals surface area contributed by atoms with E-state index in [2.05, 4.69) is 31.4 Å². The molecule has 0 saturated heterocycles. The van der Waals surface area contributed by atoms with Crippen molar-refractivity contribution in [1.82, 2.24) is 14.8 Å². The Bertz CT molecular complexity index is 1080. The Hall–Kier alpha value is -1.26. The van der Waals surface area contributed by atoms with E-state index >= 15 is 0 Å². The molecule has 2 aromatic carbocycles. The lowest BCUT2D eigenvalue weighted by Gasteiger charge is -2.09. The van der Waals surface area contributed by atoms with Crippen LogP contribution in [0.5, 0.6) is 0 Å².